The van der Waals surface area contributed by atoms with Crippen molar-refractivity contribution in [2.24, 2.45) is 10.3 Å². The van der Waals surface area contributed by atoms with Gasteiger partial charge in [-0.1, -0.05) is 29.5 Å². The van der Waals surface area contributed by atoms with Gasteiger partial charge in [0.15, 0.2) is 0 Å². The highest BCUT2D eigenvalue weighted by Crippen LogP contribution is 2.40. The van der Waals surface area contributed by atoms with Gasteiger partial charge in [0.2, 0.25) is 0 Å². The number of likely N-dealkylation sites (tertiary alicyclic amines) is 1. The first-order valence-electron chi connectivity index (χ1n) is 13.5. The van der Waals surface area contributed by atoms with Crippen molar-refractivity contribution in [2.75, 3.05) is 26.8 Å². The lowest BCUT2D eigenvalue weighted by atomic mass is 9.97. The van der Waals surface area contributed by atoms with Crippen LogP contribution in [0.1, 0.15) is 36.8 Å². The Morgan fingerprint density at radius 1 is 1.10 bits per heavy atom. The first kappa shape index (κ1) is 27.0. The Balaban J connectivity index is 1.30. The molecule has 0 bridgehead atoms. The van der Waals surface area contributed by atoms with Crippen LogP contribution >= 0.6 is 0 Å². The smallest absolute Gasteiger partial charge is 0.406 e. The number of ether oxygens (including phenoxy) is 2. The molecule has 2 aromatic rings. The predicted molar refractivity (Wildman–Crippen MR) is 143 cm³/mol. The molecule has 11 heteroatoms. The standard InChI is InChI=1S/C30H28F4N4O3/c1-40-28-14-18(5-7-22(28)19-6-10-27-20(13-19)11-12-41-27)21-15-35-36-38(16-21)26-9-8-23-24(31)3-2-4-25(23)37(29(26)39)17-30(32,33)34/h4-7,10,13-14,16,26H,2-3,8-9,11-12,15,17H2,1H3. The summed E-state index contributed by atoms with van der Waals surface area (Å²) in [7, 11) is 1.59. The Kier molecular flexibility index (Phi) is 7.04. The first-order valence-corrected chi connectivity index (χ1v) is 13.5. The molecule has 1 fully saturated rings. The molecule has 0 radical (unpaired) electrons. The van der Waals surface area contributed by atoms with Crippen LogP contribution in [0.25, 0.3) is 16.7 Å². The summed E-state index contributed by atoms with van der Waals surface area (Å²) in [5.74, 6) is 0.265. The van der Waals surface area contributed by atoms with Crippen molar-refractivity contribution in [2.45, 2.75) is 44.3 Å². The number of hydrogen-bond donors (Lipinski definition) is 0. The van der Waals surface area contributed by atoms with Gasteiger partial charge in [0.25, 0.3) is 5.91 Å². The van der Waals surface area contributed by atoms with Gasteiger partial charge in [-0.05, 0) is 54.2 Å². The van der Waals surface area contributed by atoms with E-state index >= 15 is 0 Å². The third-order valence-corrected chi connectivity index (χ3v) is 7.77. The molecule has 4 aliphatic rings. The van der Waals surface area contributed by atoms with Crippen LogP contribution in [0.4, 0.5) is 17.6 Å². The molecule has 0 spiro atoms. The number of fused-ring (bicyclic) bond motifs is 2. The van der Waals surface area contributed by atoms with Gasteiger partial charge in [-0.25, -0.2) is 9.40 Å². The number of hydrogen-bond acceptors (Lipinski definition) is 6. The monoisotopic (exact) mass is 568 g/mol. The molecule has 3 aliphatic heterocycles. The van der Waals surface area contributed by atoms with Gasteiger partial charge < -0.3 is 14.4 Å². The minimum atomic E-state index is -4.65. The zero-order chi connectivity index (χ0) is 28.7. The van der Waals surface area contributed by atoms with Crippen molar-refractivity contribution in [1.82, 2.24) is 9.91 Å². The zero-order valence-electron chi connectivity index (χ0n) is 22.4. The van der Waals surface area contributed by atoms with Crippen LogP contribution in [0.3, 0.4) is 0 Å². The fourth-order valence-electron chi connectivity index (χ4n) is 5.79. The number of alkyl halides is 3. The van der Waals surface area contributed by atoms with Crippen molar-refractivity contribution >= 4 is 11.5 Å². The Morgan fingerprint density at radius 2 is 1.93 bits per heavy atom. The highest BCUT2D eigenvalue weighted by atomic mass is 19.4. The summed E-state index contributed by atoms with van der Waals surface area (Å²) in [6.45, 7) is -0.622. The molecule has 2 aromatic carbocycles. The van der Waals surface area contributed by atoms with Crippen molar-refractivity contribution in [3.05, 3.63) is 76.9 Å². The van der Waals surface area contributed by atoms with E-state index in [1.807, 2.05) is 30.3 Å². The quantitative estimate of drug-likeness (QED) is 0.373. The third kappa shape index (κ3) is 5.32. The van der Waals surface area contributed by atoms with Crippen molar-refractivity contribution < 1.29 is 31.8 Å². The number of methoxy groups -OCH3 is 1. The summed E-state index contributed by atoms with van der Waals surface area (Å²) in [5, 5.41) is 9.59. The molecule has 1 aliphatic carbocycles. The van der Waals surface area contributed by atoms with Crippen LogP contribution in [0.15, 0.2) is 76.1 Å². The molecule has 7 nitrogen and oxygen atoms in total. The number of benzene rings is 2. The number of allylic oxidation sites excluding steroid dienone is 3. The Morgan fingerprint density at radius 3 is 2.73 bits per heavy atom. The maximum absolute atomic E-state index is 14.7. The van der Waals surface area contributed by atoms with Crippen LogP contribution in [0.2, 0.25) is 0 Å². The van der Waals surface area contributed by atoms with Crippen molar-refractivity contribution in [3.63, 3.8) is 0 Å². The van der Waals surface area contributed by atoms with Crippen LogP contribution < -0.4 is 9.47 Å². The van der Waals surface area contributed by atoms with Crippen molar-refractivity contribution in [3.8, 4) is 22.6 Å². The van der Waals surface area contributed by atoms with Crippen LogP contribution in [0, 0.1) is 0 Å². The Bertz CT molecular complexity index is 1510. The van der Waals surface area contributed by atoms with E-state index in [2.05, 4.69) is 16.4 Å². The van der Waals surface area contributed by atoms with Gasteiger partial charge in [-0.15, -0.1) is 0 Å². The second-order valence-electron chi connectivity index (χ2n) is 10.4. The molecule has 41 heavy (non-hydrogen) atoms. The van der Waals surface area contributed by atoms with E-state index in [0.29, 0.717) is 22.8 Å². The number of nitrogens with zero attached hydrogens (tertiary/aromatic N) is 4. The lowest BCUT2D eigenvalue weighted by molar-refractivity contribution is -0.159. The van der Waals surface area contributed by atoms with E-state index in [1.54, 1.807) is 13.3 Å². The minimum absolute atomic E-state index is 0.00942. The van der Waals surface area contributed by atoms with E-state index in [-0.39, 0.29) is 43.5 Å². The number of amides is 1. The zero-order valence-corrected chi connectivity index (χ0v) is 22.4. The van der Waals surface area contributed by atoms with E-state index in [9.17, 15) is 22.4 Å². The summed E-state index contributed by atoms with van der Waals surface area (Å²) < 4.78 is 66.6. The summed E-state index contributed by atoms with van der Waals surface area (Å²) in [6.07, 6.45) is -0.0877. The summed E-state index contributed by atoms with van der Waals surface area (Å²) >= 11 is 0. The lowest BCUT2D eigenvalue weighted by Gasteiger charge is -2.32. The Hall–Kier alpha value is -4.15. The predicted octanol–water partition coefficient (Wildman–Crippen LogP) is 6.78. The maximum Gasteiger partial charge on any atom is 0.406 e. The molecule has 3 heterocycles. The SMILES string of the molecule is COc1cc(C2=CN(C3CCC4=C(F)CCC=C4N(CC(F)(F)F)C3=O)N=NC2)ccc1-c1ccc2c(c1)CCO2. The average Bonchev–Trinajstić information content (AvgIpc) is 3.39. The first-order chi connectivity index (χ1) is 19.7. The van der Waals surface area contributed by atoms with Crippen LogP contribution in [-0.2, 0) is 11.2 Å². The molecule has 1 saturated heterocycles. The number of carbonyl (C=O) groups is 1. The molecule has 6 rings (SSSR count). The maximum atomic E-state index is 14.7. The molecule has 1 atom stereocenters. The summed E-state index contributed by atoms with van der Waals surface area (Å²) in [6, 6.07) is 10.7. The molecule has 0 N–H and O–H groups in total. The van der Waals surface area contributed by atoms with Crippen molar-refractivity contribution in [1.29, 1.82) is 0 Å². The molecular formula is C30H28F4N4O3. The minimum Gasteiger partial charge on any atom is -0.496 e. The number of halogens is 4. The Labute approximate surface area is 234 Å². The highest BCUT2D eigenvalue weighted by molar-refractivity contribution is 5.86. The molecular weight excluding hydrogens is 540 g/mol. The average molecular weight is 569 g/mol. The second-order valence-corrected chi connectivity index (χ2v) is 10.4. The molecule has 0 aromatic heterocycles. The van der Waals surface area contributed by atoms with Gasteiger partial charge in [-0.2, -0.15) is 18.3 Å². The lowest BCUT2D eigenvalue weighted by Crippen LogP contribution is -2.47. The van der Waals surface area contributed by atoms with E-state index in [1.165, 1.54) is 11.1 Å². The van der Waals surface area contributed by atoms with Gasteiger partial charge in [-0.3, -0.25) is 4.79 Å². The topological polar surface area (TPSA) is 66.7 Å². The fourth-order valence-corrected chi connectivity index (χ4v) is 5.79. The largest absolute Gasteiger partial charge is 0.496 e. The summed E-state index contributed by atoms with van der Waals surface area (Å²) in [4.78, 5) is 14.2. The van der Waals surface area contributed by atoms with Gasteiger partial charge in [0.05, 0.1) is 20.3 Å². The molecule has 1 unspecified atom stereocenters. The number of rotatable bonds is 5. The van der Waals surface area contributed by atoms with E-state index < -0.39 is 30.5 Å². The third-order valence-electron chi connectivity index (χ3n) is 7.77. The van der Waals surface area contributed by atoms with Crippen LogP contribution in [0.5, 0.6) is 11.5 Å². The van der Waals surface area contributed by atoms with Gasteiger partial charge >= 0.3 is 6.18 Å². The van der Waals surface area contributed by atoms with E-state index in [4.69, 9.17) is 9.47 Å². The second kappa shape index (κ2) is 10.7. The normalized spacial score (nSPS) is 20.7. The number of carbonyl (C=O) groups excluding carboxylic acids is 1. The molecule has 1 amide bonds. The van der Waals surface area contributed by atoms with Gasteiger partial charge in [0.1, 0.15) is 29.9 Å². The summed E-state index contributed by atoms with van der Waals surface area (Å²) in [5.41, 5.74) is 4.68. The van der Waals surface area contributed by atoms with Crippen LogP contribution in [-0.4, -0.2) is 54.8 Å². The van der Waals surface area contributed by atoms with Gasteiger partial charge in [0, 0.05) is 41.4 Å². The van der Waals surface area contributed by atoms with E-state index in [0.717, 1.165) is 34.4 Å². The highest BCUT2D eigenvalue weighted by Gasteiger charge is 2.42. The molecule has 214 valence electrons. The molecule has 0 saturated carbocycles. The fraction of sp³-hybridized carbons (Fsp3) is 0.367.